The summed E-state index contributed by atoms with van der Waals surface area (Å²) in [5.74, 6) is -0.612. The third kappa shape index (κ3) is 3.34. The van der Waals surface area contributed by atoms with Gasteiger partial charge in [0.1, 0.15) is 11.6 Å². The van der Waals surface area contributed by atoms with Crippen molar-refractivity contribution < 1.29 is 18.0 Å². The average molecular weight is 439 g/mol. The molecule has 5 rings (SSSR count). The molecule has 2 aromatic heterocycles. The first-order chi connectivity index (χ1) is 15.4. The zero-order chi connectivity index (χ0) is 22.4. The van der Waals surface area contributed by atoms with E-state index in [1.165, 1.54) is 17.0 Å². The third-order valence-electron chi connectivity index (χ3n) is 5.79. The lowest BCUT2D eigenvalue weighted by Gasteiger charge is -2.17. The topological polar surface area (TPSA) is 56.0 Å². The first-order valence-corrected chi connectivity index (χ1v) is 10.3. The number of nitrogens with zero attached hydrogens (tertiary/aromatic N) is 5. The fourth-order valence-electron chi connectivity index (χ4n) is 4.29. The molecule has 9 heteroatoms. The van der Waals surface area contributed by atoms with Crippen LogP contribution in [0.3, 0.4) is 0 Å². The predicted octanol–water partition coefficient (Wildman–Crippen LogP) is 4.52. The van der Waals surface area contributed by atoms with Crippen LogP contribution >= 0.6 is 0 Å². The highest BCUT2D eigenvalue weighted by Crippen LogP contribution is 2.29. The number of carbonyl (C=O) groups is 1. The Balaban J connectivity index is 1.48. The largest absolute Gasteiger partial charge is 0.333 e. The number of hydrogen-bond acceptors (Lipinski definition) is 3. The molecule has 0 aliphatic heterocycles. The Hall–Kier alpha value is -3.62. The van der Waals surface area contributed by atoms with Gasteiger partial charge < -0.3 is 4.90 Å². The van der Waals surface area contributed by atoms with E-state index in [9.17, 15) is 18.0 Å². The lowest BCUT2D eigenvalue weighted by molar-refractivity contribution is 0.0644. The summed E-state index contributed by atoms with van der Waals surface area (Å²) < 4.78 is 43.3. The van der Waals surface area contributed by atoms with Crippen molar-refractivity contribution in [3.8, 4) is 5.69 Å². The van der Waals surface area contributed by atoms with Crippen molar-refractivity contribution in [3.63, 3.8) is 0 Å². The van der Waals surface area contributed by atoms with Crippen molar-refractivity contribution in [2.75, 3.05) is 7.05 Å². The van der Waals surface area contributed by atoms with E-state index in [1.807, 2.05) is 0 Å². The Labute approximate surface area is 181 Å². The molecular weight excluding hydrogens is 419 g/mol. The normalized spacial score (nSPS) is 13.2. The van der Waals surface area contributed by atoms with Crippen molar-refractivity contribution in [1.29, 1.82) is 0 Å². The van der Waals surface area contributed by atoms with Crippen LogP contribution in [0.1, 0.15) is 40.5 Å². The van der Waals surface area contributed by atoms with E-state index in [4.69, 9.17) is 0 Å². The predicted molar refractivity (Wildman–Crippen MR) is 112 cm³/mol. The Morgan fingerprint density at radius 1 is 1.12 bits per heavy atom. The van der Waals surface area contributed by atoms with Gasteiger partial charge in [0.25, 0.3) is 5.91 Å². The van der Waals surface area contributed by atoms with Gasteiger partial charge in [-0.2, -0.15) is 13.9 Å². The molecule has 164 valence electrons. The highest BCUT2D eigenvalue weighted by Gasteiger charge is 2.29. The summed E-state index contributed by atoms with van der Waals surface area (Å²) in [5.41, 5.74) is 3.52. The fraction of sp³-hybridized carbons (Fsp3) is 0.261. The van der Waals surface area contributed by atoms with E-state index < -0.39 is 6.55 Å². The molecule has 0 atom stereocenters. The number of hydrogen-bond donors (Lipinski definition) is 0. The minimum Gasteiger partial charge on any atom is -0.333 e. The van der Waals surface area contributed by atoms with Crippen molar-refractivity contribution in [2.24, 2.45) is 0 Å². The van der Waals surface area contributed by atoms with Crippen LogP contribution in [0.25, 0.3) is 16.7 Å². The molecule has 0 spiro atoms. The summed E-state index contributed by atoms with van der Waals surface area (Å²) >= 11 is 0. The van der Waals surface area contributed by atoms with Crippen LogP contribution in [0.4, 0.5) is 13.2 Å². The Bertz CT molecular complexity index is 1310. The van der Waals surface area contributed by atoms with Crippen LogP contribution in [-0.2, 0) is 19.4 Å². The van der Waals surface area contributed by atoms with Crippen LogP contribution in [0, 0.1) is 5.82 Å². The summed E-state index contributed by atoms with van der Waals surface area (Å²) in [6.45, 7) is -2.86. The number of carbonyl (C=O) groups excluding carboxylic acids is 1. The van der Waals surface area contributed by atoms with Gasteiger partial charge in [0.2, 0.25) is 0 Å². The first kappa shape index (κ1) is 20.3. The molecule has 1 aliphatic carbocycles. The lowest BCUT2D eigenvalue weighted by Crippen LogP contribution is -2.29. The quantitative estimate of drug-likeness (QED) is 0.460. The molecular formula is C23H20F3N5O. The summed E-state index contributed by atoms with van der Waals surface area (Å²) in [4.78, 5) is 18.9. The molecule has 6 nitrogen and oxygen atoms in total. The summed E-state index contributed by atoms with van der Waals surface area (Å²) in [6, 6.07) is 12.6. The number of para-hydroxylation sites is 2. The summed E-state index contributed by atoms with van der Waals surface area (Å²) in [7, 11) is 1.55. The van der Waals surface area contributed by atoms with Gasteiger partial charge in [-0.1, -0.05) is 12.1 Å². The zero-order valence-electron chi connectivity index (χ0n) is 17.3. The minimum absolute atomic E-state index is 0.0873. The monoisotopic (exact) mass is 439 g/mol. The van der Waals surface area contributed by atoms with Crippen molar-refractivity contribution in [1.82, 2.24) is 24.2 Å². The second kappa shape index (κ2) is 7.81. The van der Waals surface area contributed by atoms with Gasteiger partial charge >= 0.3 is 6.55 Å². The van der Waals surface area contributed by atoms with Crippen LogP contribution in [-0.4, -0.2) is 37.2 Å². The molecule has 0 fully saturated rings. The molecule has 32 heavy (non-hydrogen) atoms. The van der Waals surface area contributed by atoms with Gasteiger partial charge in [0.05, 0.1) is 23.3 Å². The third-order valence-corrected chi connectivity index (χ3v) is 5.79. The number of benzene rings is 2. The van der Waals surface area contributed by atoms with Crippen LogP contribution in [0.15, 0.2) is 48.5 Å². The Kier molecular flexibility index (Phi) is 4.96. The minimum atomic E-state index is -2.78. The molecule has 1 aliphatic rings. The maximum absolute atomic E-state index is 13.7. The maximum atomic E-state index is 13.7. The number of imidazole rings is 1. The van der Waals surface area contributed by atoms with Gasteiger partial charge in [-0.05, 0) is 55.7 Å². The maximum Gasteiger partial charge on any atom is 0.320 e. The van der Waals surface area contributed by atoms with E-state index in [0.717, 1.165) is 28.7 Å². The molecule has 0 unspecified atom stereocenters. The number of fused-ring (bicyclic) bond motifs is 2. The highest BCUT2D eigenvalue weighted by molar-refractivity contribution is 5.94. The van der Waals surface area contributed by atoms with E-state index in [2.05, 4.69) is 10.1 Å². The van der Waals surface area contributed by atoms with E-state index >= 15 is 0 Å². The fourth-order valence-corrected chi connectivity index (χ4v) is 4.29. The number of halogens is 3. The lowest BCUT2D eigenvalue weighted by atomic mass is 10.2. The molecule has 0 saturated carbocycles. The summed E-state index contributed by atoms with van der Waals surface area (Å²) in [6.07, 6.45) is 2.36. The SMILES string of the molecule is CN(Cc1nc2ccccc2n1C(F)F)C(=O)c1nn(-c2ccc(F)cc2)c2c1CCC2. The molecule has 1 amide bonds. The number of alkyl halides is 2. The molecule has 2 aromatic carbocycles. The molecule has 2 heterocycles. The van der Waals surface area contributed by atoms with Crippen LogP contribution in [0.2, 0.25) is 0 Å². The van der Waals surface area contributed by atoms with Crippen molar-refractivity contribution in [3.05, 3.63) is 77.1 Å². The standard InChI is InChI=1S/C23H20F3N5O/c1-29(13-20-27-17-6-2-3-7-19(17)30(20)23(25)26)22(32)21-16-5-4-8-18(16)31(28-21)15-11-9-14(24)10-12-15/h2-3,6-7,9-12,23H,4-5,8,13H2,1H3. The number of aromatic nitrogens is 4. The molecule has 0 saturated heterocycles. The highest BCUT2D eigenvalue weighted by atomic mass is 19.3. The Morgan fingerprint density at radius 2 is 1.88 bits per heavy atom. The van der Waals surface area contributed by atoms with Crippen molar-refractivity contribution >= 4 is 16.9 Å². The molecule has 0 radical (unpaired) electrons. The van der Waals surface area contributed by atoms with E-state index in [0.29, 0.717) is 28.8 Å². The number of amides is 1. The second-order valence-electron chi connectivity index (χ2n) is 7.84. The first-order valence-electron chi connectivity index (χ1n) is 10.3. The molecule has 0 bridgehead atoms. The van der Waals surface area contributed by atoms with Gasteiger partial charge in [-0.25, -0.2) is 14.1 Å². The van der Waals surface area contributed by atoms with E-state index in [-0.39, 0.29) is 24.1 Å². The molecule has 0 N–H and O–H groups in total. The van der Waals surface area contributed by atoms with Gasteiger partial charge in [0, 0.05) is 18.3 Å². The van der Waals surface area contributed by atoms with Gasteiger partial charge in [0.15, 0.2) is 5.69 Å². The molecule has 4 aromatic rings. The van der Waals surface area contributed by atoms with Crippen LogP contribution < -0.4 is 0 Å². The smallest absolute Gasteiger partial charge is 0.320 e. The average Bonchev–Trinajstić information content (AvgIpc) is 3.47. The van der Waals surface area contributed by atoms with Crippen molar-refractivity contribution in [2.45, 2.75) is 32.4 Å². The zero-order valence-corrected chi connectivity index (χ0v) is 17.3. The summed E-state index contributed by atoms with van der Waals surface area (Å²) in [5, 5.41) is 4.52. The van der Waals surface area contributed by atoms with E-state index in [1.54, 1.807) is 48.1 Å². The van der Waals surface area contributed by atoms with Gasteiger partial charge in [-0.3, -0.25) is 9.36 Å². The number of rotatable bonds is 5. The Morgan fingerprint density at radius 3 is 2.62 bits per heavy atom. The van der Waals surface area contributed by atoms with Gasteiger partial charge in [-0.15, -0.1) is 0 Å². The van der Waals surface area contributed by atoms with Crippen LogP contribution in [0.5, 0.6) is 0 Å². The second-order valence-corrected chi connectivity index (χ2v) is 7.84.